The van der Waals surface area contributed by atoms with Crippen molar-refractivity contribution in [3.63, 3.8) is 0 Å². The van der Waals surface area contributed by atoms with Crippen LogP contribution in [0, 0.1) is 5.82 Å². The third-order valence-electron chi connectivity index (χ3n) is 5.05. The Morgan fingerprint density at radius 2 is 1.76 bits per heavy atom. The minimum atomic E-state index is -0.220. The maximum Gasteiger partial charge on any atom is 0.246 e. The van der Waals surface area contributed by atoms with E-state index in [4.69, 9.17) is 9.47 Å². The van der Waals surface area contributed by atoms with E-state index in [2.05, 4.69) is 4.90 Å². The largest absolute Gasteiger partial charge is 0.493 e. The summed E-state index contributed by atoms with van der Waals surface area (Å²) in [6.45, 7) is 3.89. The van der Waals surface area contributed by atoms with Crippen molar-refractivity contribution in [1.29, 1.82) is 0 Å². The first-order chi connectivity index (χ1) is 14.1. The molecule has 0 N–H and O–H groups in total. The number of rotatable bonds is 6. The van der Waals surface area contributed by atoms with Gasteiger partial charge in [-0.25, -0.2) is 4.39 Å². The quantitative estimate of drug-likeness (QED) is 0.698. The van der Waals surface area contributed by atoms with Crippen LogP contribution in [0.5, 0.6) is 11.5 Å². The third kappa shape index (κ3) is 5.81. The van der Waals surface area contributed by atoms with Gasteiger partial charge in [-0.05, 0) is 47.9 Å². The molecule has 1 aliphatic rings. The van der Waals surface area contributed by atoms with Crippen molar-refractivity contribution in [2.45, 2.75) is 13.0 Å². The molecule has 2 aromatic carbocycles. The van der Waals surface area contributed by atoms with Crippen LogP contribution < -0.4 is 9.47 Å². The molecule has 3 rings (SSSR count). The molecule has 0 unspecified atom stereocenters. The lowest BCUT2D eigenvalue weighted by Gasteiger charge is -2.21. The average molecular weight is 398 g/mol. The summed E-state index contributed by atoms with van der Waals surface area (Å²) in [5.41, 5.74) is 1.96. The second kappa shape index (κ2) is 10.1. The number of carbonyl (C=O) groups excluding carboxylic acids is 1. The van der Waals surface area contributed by atoms with Crippen LogP contribution in [-0.4, -0.2) is 56.1 Å². The van der Waals surface area contributed by atoms with Gasteiger partial charge in [0.05, 0.1) is 14.2 Å². The van der Waals surface area contributed by atoms with E-state index < -0.39 is 0 Å². The van der Waals surface area contributed by atoms with E-state index in [1.165, 1.54) is 12.1 Å². The minimum Gasteiger partial charge on any atom is -0.493 e. The zero-order valence-corrected chi connectivity index (χ0v) is 16.9. The van der Waals surface area contributed by atoms with Crippen LogP contribution in [-0.2, 0) is 11.3 Å². The Labute approximate surface area is 171 Å². The van der Waals surface area contributed by atoms with Crippen molar-refractivity contribution in [3.8, 4) is 11.5 Å². The Morgan fingerprint density at radius 3 is 2.48 bits per heavy atom. The van der Waals surface area contributed by atoms with Crippen molar-refractivity contribution in [3.05, 3.63) is 65.5 Å². The maximum absolute atomic E-state index is 13.1. The summed E-state index contributed by atoms with van der Waals surface area (Å²) in [6.07, 6.45) is 4.32. The zero-order chi connectivity index (χ0) is 20.6. The number of carbonyl (C=O) groups is 1. The molecule has 0 aliphatic carbocycles. The molecule has 29 heavy (non-hydrogen) atoms. The molecule has 1 fully saturated rings. The molecule has 0 bridgehead atoms. The summed E-state index contributed by atoms with van der Waals surface area (Å²) in [6, 6.07) is 12.2. The number of methoxy groups -OCH3 is 2. The van der Waals surface area contributed by atoms with E-state index in [1.807, 2.05) is 35.2 Å². The molecule has 1 saturated heterocycles. The Morgan fingerprint density at radius 1 is 1.00 bits per heavy atom. The van der Waals surface area contributed by atoms with Gasteiger partial charge in [0.1, 0.15) is 5.82 Å². The Bertz CT molecular complexity index is 852. The van der Waals surface area contributed by atoms with Crippen molar-refractivity contribution in [2.24, 2.45) is 0 Å². The van der Waals surface area contributed by atoms with Crippen molar-refractivity contribution >= 4 is 12.0 Å². The fourth-order valence-corrected chi connectivity index (χ4v) is 3.43. The van der Waals surface area contributed by atoms with Gasteiger partial charge in [-0.2, -0.15) is 0 Å². The maximum atomic E-state index is 13.1. The summed E-state index contributed by atoms with van der Waals surface area (Å²) >= 11 is 0. The summed E-state index contributed by atoms with van der Waals surface area (Å²) < 4.78 is 23.6. The molecule has 0 aromatic heterocycles. The predicted molar refractivity (Wildman–Crippen MR) is 111 cm³/mol. The molecular weight excluding hydrogens is 371 g/mol. The molecule has 0 radical (unpaired) electrons. The van der Waals surface area contributed by atoms with E-state index in [0.29, 0.717) is 18.0 Å². The highest BCUT2D eigenvalue weighted by molar-refractivity contribution is 5.91. The molecule has 1 amide bonds. The van der Waals surface area contributed by atoms with Crippen LogP contribution in [0.4, 0.5) is 4.39 Å². The zero-order valence-electron chi connectivity index (χ0n) is 16.9. The fraction of sp³-hybridized carbons (Fsp3) is 0.348. The minimum absolute atomic E-state index is 0.00316. The summed E-state index contributed by atoms with van der Waals surface area (Å²) in [4.78, 5) is 16.8. The van der Waals surface area contributed by atoms with Gasteiger partial charge in [0.15, 0.2) is 11.5 Å². The van der Waals surface area contributed by atoms with E-state index in [0.717, 1.165) is 43.7 Å². The predicted octanol–water partition coefficient (Wildman–Crippen LogP) is 3.59. The lowest BCUT2D eigenvalue weighted by Crippen LogP contribution is -2.34. The monoisotopic (exact) mass is 398 g/mol. The Kier molecular flexibility index (Phi) is 7.25. The first-order valence-corrected chi connectivity index (χ1v) is 9.75. The first-order valence-electron chi connectivity index (χ1n) is 9.75. The number of amides is 1. The SMILES string of the molecule is COc1ccc(/C=C/C(=O)N2CCCN(Cc3ccc(F)cc3)CC2)cc1OC. The second-order valence-corrected chi connectivity index (χ2v) is 7.03. The molecule has 0 spiro atoms. The van der Waals surface area contributed by atoms with Crippen LogP contribution >= 0.6 is 0 Å². The van der Waals surface area contributed by atoms with Crippen LogP contribution in [0.1, 0.15) is 17.5 Å². The molecule has 0 saturated carbocycles. The van der Waals surface area contributed by atoms with E-state index in [1.54, 1.807) is 26.4 Å². The molecule has 0 atom stereocenters. The third-order valence-corrected chi connectivity index (χ3v) is 5.05. The van der Waals surface area contributed by atoms with Crippen molar-refractivity contribution in [1.82, 2.24) is 9.80 Å². The average Bonchev–Trinajstić information content (AvgIpc) is 2.99. The topological polar surface area (TPSA) is 42.0 Å². The Balaban J connectivity index is 1.56. The lowest BCUT2D eigenvalue weighted by molar-refractivity contribution is -0.125. The molecule has 154 valence electrons. The van der Waals surface area contributed by atoms with Gasteiger partial charge in [-0.1, -0.05) is 18.2 Å². The molecular formula is C23H27FN2O3. The summed E-state index contributed by atoms with van der Waals surface area (Å²) in [7, 11) is 3.18. The molecule has 5 nitrogen and oxygen atoms in total. The lowest BCUT2D eigenvalue weighted by atomic mass is 10.2. The van der Waals surface area contributed by atoms with Gasteiger partial charge >= 0.3 is 0 Å². The summed E-state index contributed by atoms with van der Waals surface area (Å²) in [5.74, 6) is 1.07. The van der Waals surface area contributed by atoms with Gasteiger partial charge in [-0.15, -0.1) is 0 Å². The first kappa shape index (κ1) is 20.9. The van der Waals surface area contributed by atoms with Crippen LogP contribution in [0.25, 0.3) is 6.08 Å². The molecule has 2 aromatic rings. The number of ether oxygens (including phenoxy) is 2. The smallest absolute Gasteiger partial charge is 0.246 e. The number of hydrogen-bond donors (Lipinski definition) is 0. The number of nitrogens with zero attached hydrogens (tertiary/aromatic N) is 2. The second-order valence-electron chi connectivity index (χ2n) is 7.03. The molecule has 1 heterocycles. The fourth-order valence-electron chi connectivity index (χ4n) is 3.43. The highest BCUT2D eigenvalue weighted by atomic mass is 19.1. The Hall–Kier alpha value is -2.86. The number of halogens is 1. The van der Waals surface area contributed by atoms with Gasteiger partial charge < -0.3 is 14.4 Å². The van der Waals surface area contributed by atoms with Gasteiger partial charge in [0.2, 0.25) is 5.91 Å². The number of benzene rings is 2. The normalized spacial score (nSPS) is 15.3. The standard InChI is InChI=1S/C23H27FN2O3/c1-28-21-10-6-18(16-22(21)29-2)7-11-23(27)26-13-3-12-25(14-15-26)17-19-4-8-20(24)9-5-19/h4-11,16H,3,12-15,17H2,1-2H3/b11-7+. The van der Waals surface area contributed by atoms with Crippen molar-refractivity contribution < 1.29 is 18.7 Å². The highest BCUT2D eigenvalue weighted by Gasteiger charge is 2.17. The molecule has 1 aliphatic heterocycles. The van der Waals surface area contributed by atoms with Crippen molar-refractivity contribution in [2.75, 3.05) is 40.4 Å². The van der Waals surface area contributed by atoms with Gasteiger partial charge in [0, 0.05) is 38.8 Å². The number of hydrogen-bond acceptors (Lipinski definition) is 4. The summed E-state index contributed by atoms with van der Waals surface area (Å²) in [5, 5.41) is 0. The van der Waals surface area contributed by atoms with Crippen LogP contribution in [0.15, 0.2) is 48.5 Å². The van der Waals surface area contributed by atoms with E-state index in [-0.39, 0.29) is 11.7 Å². The van der Waals surface area contributed by atoms with Gasteiger partial charge in [-0.3, -0.25) is 9.69 Å². The molecule has 6 heteroatoms. The van der Waals surface area contributed by atoms with Crippen LogP contribution in [0.3, 0.4) is 0 Å². The van der Waals surface area contributed by atoms with Gasteiger partial charge in [0.25, 0.3) is 0 Å². The highest BCUT2D eigenvalue weighted by Crippen LogP contribution is 2.28. The van der Waals surface area contributed by atoms with E-state index >= 15 is 0 Å². The van der Waals surface area contributed by atoms with Crippen LogP contribution in [0.2, 0.25) is 0 Å². The van der Waals surface area contributed by atoms with E-state index in [9.17, 15) is 9.18 Å².